The lowest BCUT2D eigenvalue weighted by atomic mass is 10.2. The van der Waals surface area contributed by atoms with Gasteiger partial charge in [0.25, 0.3) is 0 Å². The molecule has 0 aromatic carbocycles. The van der Waals surface area contributed by atoms with Gasteiger partial charge in [-0.05, 0) is 19.4 Å². The Balaban J connectivity index is 0.000001000. The van der Waals surface area contributed by atoms with Crippen LogP contribution >= 0.6 is 12.4 Å². The summed E-state index contributed by atoms with van der Waals surface area (Å²) in [6, 6.07) is 0.368. The molecule has 4 heteroatoms. The zero-order valence-electron chi connectivity index (χ0n) is 6.63. The molecule has 0 unspecified atom stereocenters. The lowest BCUT2D eigenvalue weighted by Crippen LogP contribution is -2.24. The highest BCUT2D eigenvalue weighted by Gasteiger charge is 2.17. The van der Waals surface area contributed by atoms with Gasteiger partial charge in [0.15, 0.2) is 0 Å². The number of carbonyl (C=O) groups is 1. The summed E-state index contributed by atoms with van der Waals surface area (Å²) >= 11 is 0. The molecule has 1 fully saturated rings. The van der Waals surface area contributed by atoms with Crippen LogP contribution < -0.4 is 5.32 Å². The van der Waals surface area contributed by atoms with E-state index in [0.717, 1.165) is 13.0 Å². The van der Waals surface area contributed by atoms with Crippen LogP contribution in [0.2, 0.25) is 0 Å². The first-order chi connectivity index (χ1) is 4.83. The molecule has 3 nitrogen and oxygen atoms in total. The molecular weight excluding hydrogens is 166 g/mol. The van der Waals surface area contributed by atoms with Gasteiger partial charge in [-0.3, -0.25) is 4.79 Å². The normalized spacial score (nSPS) is 22.5. The van der Waals surface area contributed by atoms with Crippen molar-refractivity contribution >= 4 is 18.4 Å². The van der Waals surface area contributed by atoms with Crippen molar-refractivity contribution in [2.45, 2.75) is 25.3 Å². The molecule has 0 aromatic heterocycles. The fourth-order valence-electron chi connectivity index (χ4n) is 1.22. The second-order valence-electron chi connectivity index (χ2n) is 2.57. The molecule has 0 amide bonds. The third-order valence-corrected chi connectivity index (χ3v) is 1.80. The Morgan fingerprint density at radius 1 is 1.73 bits per heavy atom. The summed E-state index contributed by atoms with van der Waals surface area (Å²) in [6.45, 7) is 1.04. The third kappa shape index (κ3) is 3.58. The molecule has 1 aliphatic rings. The van der Waals surface area contributed by atoms with Crippen molar-refractivity contribution in [2.75, 3.05) is 13.7 Å². The van der Waals surface area contributed by atoms with Crippen LogP contribution in [-0.4, -0.2) is 25.7 Å². The molecule has 0 spiro atoms. The number of esters is 1. The first-order valence-corrected chi connectivity index (χ1v) is 3.63. The van der Waals surface area contributed by atoms with Gasteiger partial charge in [-0.1, -0.05) is 0 Å². The summed E-state index contributed by atoms with van der Waals surface area (Å²) in [5, 5.41) is 3.22. The van der Waals surface area contributed by atoms with Crippen LogP contribution in [0, 0.1) is 0 Å². The fourth-order valence-corrected chi connectivity index (χ4v) is 1.22. The van der Waals surface area contributed by atoms with E-state index in [4.69, 9.17) is 0 Å². The molecule has 1 rings (SSSR count). The summed E-state index contributed by atoms with van der Waals surface area (Å²) in [5.41, 5.74) is 0. The van der Waals surface area contributed by atoms with Crippen LogP contribution in [0.1, 0.15) is 19.3 Å². The van der Waals surface area contributed by atoms with Crippen LogP contribution in [0.25, 0.3) is 0 Å². The maximum absolute atomic E-state index is 10.7. The summed E-state index contributed by atoms with van der Waals surface area (Å²) in [5.74, 6) is -0.112. The van der Waals surface area contributed by atoms with E-state index in [1.54, 1.807) is 0 Å². The van der Waals surface area contributed by atoms with Gasteiger partial charge in [-0.15, -0.1) is 12.4 Å². The fraction of sp³-hybridized carbons (Fsp3) is 0.857. The molecule has 1 atom stereocenters. The third-order valence-electron chi connectivity index (χ3n) is 1.80. The van der Waals surface area contributed by atoms with Gasteiger partial charge in [0, 0.05) is 6.04 Å². The van der Waals surface area contributed by atoms with E-state index < -0.39 is 0 Å². The number of ether oxygens (including phenoxy) is 1. The van der Waals surface area contributed by atoms with Crippen molar-refractivity contribution in [1.29, 1.82) is 0 Å². The van der Waals surface area contributed by atoms with Gasteiger partial charge in [0.05, 0.1) is 13.5 Å². The van der Waals surface area contributed by atoms with E-state index in [2.05, 4.69) is 10.1 Å². The lowest BCUT2D eigenvalue weighted by molar-refractivity contribution is -0.141. The second-order valence-corrected chi connectivity index (χ2v) is 2.57. The number of hydrogen-bond acceptors (Lipinski definition) is 3. The Morgan fingerprint density at radius 3 is 2.91 bits per heavy atom. The van der Waals surface area contributed by atoms with E-state index in [9.17, 15) is 4.79 Å². The van der Waals surface area contributed by atoms with Crippen molar-refractivity contribution in [2.24, 2.45) is 0 Å². The number of methoxy groups -OCH3 is 1. The Kier molecular flexibility index (Phi) is 5.24. The van der Waals surface area contributed by atoms with Crippen LogP contribution in [0.5, 0.6) is 0 Å². The number of carbonyl (C=O) groups excluding carboxylic acids is 1. The molecule has 0 aliphatic carbocycles. The molecular formula is C7H14ClNO2. The van der Waals surface area contributed by atoms with Gasteiger partial charge in [0.1, 0.15) is 0 Å². The molecule has 1 saturated heterocycles. The van der Waals surface area contributed by atoms with E-state index >= 15 is 0 Å². The highest BCUT2D eigenvalue weighted by atomic mass is 35.5. The van der Waals surface area contributed by atoms with E-state index in [-0.39, 0.29) is 18.4 Å². The largest absolute Gasteiger partial charge is 0.469 e. The standard InChI is InChI=1S/C7H13NO2.ClH/c1-10-7(9)5-6-3-2-4-8-6;/h6,8H,2-5H2,1H3;1H/t6-;/m1./s1. The van der Waals surface area contributed by atoms with Crippen LogP contribution in [0.4, 0.5) is 0 Å². The highest BCUT2D eigenvalue weighted by Crippen LogP contribution is 2.08. The van der Waals surface area contributed by atoms with Crippen molar-refractivity contribution < 1.29 is 9.53 Å². The Bertz CT molecular complexity index is 124. The predicted octanol–water partition coefficient (Wildman–Crippen LogP) is 0.723. The number of rotatable bonds is 2. The maximum atomic E-state index is 10.7. The van der Waals surface area contributed by atoms with Crippen molar-refractivity contribution in [3.8, 4) is 0 Å². The zero-order chi connectivity index (χ0) is 7.40. The van der Waals surface area contributed by atoms with Crippen LogP contribution in [-0.2, 0) is 9.53 Å². The summed E-state index contributed by atoms with van der Waals surface area (Å²) in [4.78, 5) is 10.7. The first kappa shape index (κ1) is 10.7. The van der Waals surface area contributed by atoms with Gasteiger partial charge < -0.3 is 10.1 Å². The van der Waals surface area contributed by atoms with Crippen molar-refractivity contribution in [1.82, 2.24) is 5.32 Å². The molecule has 0 radical (unpaired) electrons. The monoisotopic (exact) mass is 179 g/mol. The highest BCUT2D eigenvalue weighted by molar-refractivity contribution is 5.85. The quantitative estimate of drug-likeness (QED) is 0.635. The van der Waals surface area contributed by atoms with Crippen molar-refractivity contribution in [3.63, 3.8) is 0 Å². The maximum Gasteiger partial charge on any atom is 0.307 e. The Hall–Kier alpha value is -0.280. The average Bonchev–Trinajstić information content (AvgIpc) is 2.40. The Labute approximate surface area is 72.9 Å². The average molecular weight is 180 g/mol. The molecule has 1 N–H and O–H groups in total. The van der Waals surface area contributed by atoms with Gasteiger partial charge in [0.2, 0.25) is 0 Å². The lowest BCUT2D eigenvalue weighted by Gasteiger charge is -2.06. The van der Waals surface area contributed by atoms with Gasteiger partial charge in [-0.25, -0.2) is 0 Å². The minimum Gasteiger partial charge on any atom is -0.469 e. The minimum absolute atomic E-state index is 0. The van der Waals surface area contributed by atoms with E-state index in [0.29, 0.717) is 12.5 Å². The summed E-state index contributed by atoms with van der Waals surface area (Å²) < 4.78 is 4.53. The molecule has 66 valence electrons. The van der Waals surface area contributed by atoms with Crippen LogP contribution in [0.15, 0.2) is 0 Å². The summed E-state index contributed by atoms with van der Waals surface area (Å²) in [7, 11) is 1.43. The number of halogens is 1. The topological polar surface area (TPSA) is 38.3 Å². The molecule has 0 bridgehead atoms. The SMILES string of the molecule is COC(=O)C[C@H]1CCCN1.Cl. The summed E-state index contributed by atoms with van der Waals surface area (Å²) in [6.07, 6.45) is 2.81. The molecule has 1 aliphatic heterocycles. The van der Waals surface area contributed by atoms with E-state index in [1.165, 1.54) is 13.5 Å². The molecule has 1 heterocycles. The second kappa shape index (κ2) is 5.38. The Morgan fingerprint density at radius 2 is 2.45 bits per heavy atom. The number of nitrogens with one attached hydrogen (secondary N) is 1. The minimum atomic E-state index is -0.112. The number of hydrogen-bond donors (Lipinski definition) is 1. The van der Waals surface area contributed by atoms with E-state index in [1.807, 2.05) is 0 Å². The zero-order valence-corrected chi connectivity index (χ0v) is 7.45. The first-order valence-electron chi connectivity index (χ1n) is 3.63. The van der Waals surface area contributed by atoms with Crippen molar-refractivity contribution in [3.05, 3.63) is 0 Å². The smallest absolute Gasteiger partial charge is 0.307 e. The molecule has 0 saturated carbocycles. The molecule has 0 aromatic rings. The van der Waals surface area contributed by atoms with Crippen LogP contribution in [0.3, 0.4) is 0 Å². The predicted molar refractivity (Wildman–Crippen MR) is 44.9 cm³/mol. The molecule has 11 heavy (non-hydrogen) atoms. The van der Waals surface area contributed by atoms with Gasteiger partial charge in [-0.2, -0.15) is 0 Å². The van der Waals surface area contributed by atoms with Gasteiger partial charge >= 0.3 is 5.97 Å².